The first-order chi connectivity index (χ1) is 13.4. The number of nitrogens with zero attached hydrogens (tertiary/aromatic N) is 1. The van der Waals surface area contributed by atoms with Crippen LogP contribution in [0.5, 0.6) is 0 Å². The molecule has 6 heteroatoms. The molecule has 0 spiro atoms. The van der Waals surface area contributed by atoms with Gasteiger partial charge >= 0.3 is 5.97 Å². The highest BCUT2D eigenvalue weighted by Crippen LogP contribution is 2.23. The first kappa shape index (κ1) is 19.9. The number of carbonyl (C=O) groups excluding carboxylic acids is 2. The van der Waals surface area contributed by atoms with Crippen molar-refractivity contribution in [3.8, 4) is 0 Å². The number of anilines is 1. The minimum Gasteiger partial charge on any atom is -0.455 e. The summed E-state index contributed by atoms with van der Waals surface area (Å²) >= 11 is 1.30. The summed E-state index contributed by atoms with van der Waals surface area (Å²) in [5.74, 6) is -0.706. The van der Waals surface area contributed by atoms with Crippen LogP contribution in [0.2, 0.25) is 0 Å². The van der Waals surface area contributed by atoms with Gasteiger partial charge in [0, 0.05) is 11.1 Å². The van der Waals surface area contributed by atoms with Crippen LogP contribution in [0.4, 0.5) is 5.69 Å². The van der Waals surface area contributed by atoms with E-state index in [-0.39, 0.29) is 18.3 Å². The molecule has 1 N–H and O–H groups in total. The van der Waals surface area contributed by atoms with Crippen LogP contribution < -0.4 is 5.32 Å². The third kappa shape index (κ3) is 4.89. The highest BCUT2D eigenvalue weighted by atomic mass is 32.2. The zero-order chi connectivity index (χ0) is 20.1. The number of hydrogen-bond acceptors (Lipinski definition) is 5. The molecule has 28 heavy (non-hydrogen) atoms. The molecule has 0 saturated heterocycles. The minimum absolute atomic E-state index is 0.0987. The molecule has 1 aromatic heterocycles. The van der Waals surface area contributed by atoms with E-state index in [1.807, 2.05) is 69.3 Å². The Morgan fingerprint density at radius 2 is 1.82 bits per heavy atom. The largest absolute Gasteiger partial charge is 0.455 e. The molecule has 144 valence electrons. The Balaban J connectivity index is 1.51. The molecule has 0 radical (unpaired) electrons. The minimum atomic E-state index is -0.450. The lowest BCUT2D eigenvalue weighted by molar-refractivity contribution is -0.144. The topological polar surface area (TPSA) is 68.3 Å². The van der Waals surface area contributed by atoms with Gasteiger partial charge in [0.1, 0.15) is 0 Å². The van der Waals surface area contributed by atoms with E-state index in [4.69, 9.17) is 4.74 Å². The van der Waals surface area contributed by atoms with Crippen molar-refractivity contribution in [3.63, 3.8) is 0 Å². The number of ether oxygens (including phenoxy) is 1. The van der Waals surface area contributed by atoms with E-state index >= 15 is 0 Å². The summed E-state index contributed by atoms with van der Waals surface area (Å²) in [6.07, 6.45) is 0. The molecule has 0 fully saturated rings. The van der Waals surface area contributed by atoms with Crippen LogP contribution in [0.25, 0.3) is 10.9 Å². The molecular formula is C22H22N2O3S. The summed E-state index contributed by atoms with van der Waals surface area (Å²) in [6.45, 7) is 5.62. The first-order valence-corrected chi connectivity index (χ1v) is 9.93. The fourth-order valence-electron chi connectivity index (χ4n) is 2.79. The normalized spacial score (nSPS) is 10.7. The second kappa shape index (κ2) is 8.89. The molecule has 3 rings (SSSR count). The van der Waals surface area contributed by atoms with Gasteiger partial charge in [0.05, 0.1) is 16.3 Å². The Morgan fingerprint density at radius 3 is 2.64 bits per heavy atom. The highest BCUT2D eigenvalue weighted by molar-refractivity contribution is 7.99. The summed E-state index contributed by atoms with van der Waals surface area (Å²) < 4.78 is 5.09. The van der Waals surface area contributed by atoms with Gasteiger partial charge in [0.2, 0.25) is 0 Å². The van der Waals surface area contributed by atoms with Crippen molar-refractivity contribution >= 4 is 40.2 Å². The lowest BCUT2D eigenvalue weighted by Gasteiger charge is -2.10. The first-order valence-electron chi connectivity index (χ1n) is 8.95. The lowest BCUT2D eigenvalue weighted by Crippen LogP contribution is -2.22. The van der Waals surface area contributed by atoms with Crippen molar-refractivity contribution < 1.29 is 14.3 Å². The number of nitrogens with one attached hydrogen (secondary N) is 1. The molecule has 3 aromatic rings. The van der Waals surface area contributed by atoms with E-state index in [1.54, 1.807) is 0 Å². The molecule has 0 unspecified atom stereocenters. The Kier molecular flexibility index (Phi) is 6.31. The van der Waals surface area contributed by atoms with Crippen molar-refractivity contribution in [3.05, 3.63) is 65.2 Å². The van der Waals surface area contributed by atoms with Crippen molar-refractivity contribution in [2.75, 3.05) is 17.7 Å². The van der Waals surface area contributed by atoms with Gasteiger partial charge in [-0.25, -0.2) is 4.98 Å². The Morgan fingerprint density at radius 1 is 1.04 bits per heavy atom. The van der Waals surface area contributed by atoms with Gasteiger partial charge in [0.25, 0.3) is 5.91 Å². The maximum absolute atomic E-state index is 12.0. The van der Waals surface area contributed by atoms with E-state index in [1.165, 1.54) is 11.8 Å². The number of hydrogen-bond donors (Lipinski definition) is 1. The van der Waals surface area contributed by atoms with Crippen LogP contribution in [0.3, 0.4) is 0 Å². The van der Waals surface area contributed by atoms with Crippen molar-refractivity contribution in [2.24, 2.45) is 0 Å². The number of benzene rings is 2. The highest BCUT2D eigenvalue weighted by Gasteiger charge is 2.11. The Bertz CT molecular complexity index is 1030. The monoisotopic (exact) mass is 394 g/mol. The molecular weight excluding hydrogens is 372 g/mol. The maximum atomic E-state index is 12.0. The van der Waals surface area contributed by atoms with E-state index < -0.39 is 5.97 Å². The van der Waals surface area contributed by atoms with Gasteiger partial charge in [-0.15, -0.1) is 0 Å². The molecule has 0 saturated carbocycles. The predicted octanol–water partition coefficient (Wildman–Crippen LogP) is 4.43. The van der Waals surface area contributed by atoms with Gasteiger partial charge < -0.3 is 10.1 Å². The summed E-state index contributed by atoms with van der Waals surface area (Å²) in [5, 5.41) is 4.62. The number of pyridine rings is 1. The average molecular weight is 394 g/mol. The molecule has 0 aliphatic heterocycles. The molecule has 1 heterocycles. The molecule has 2 aromatic carbocycles. The SMILES string of the molecule is Cc1cccc(NC(=O)COC(=O)CSc2cc(C)c3ccccc3n2)c1C. The predicted molar refractivity (Wildman–Crippen MR) is 113 cm³/mol. The number of aromatic nitrogens is 1. The smallest absolute Gasteiger partial charge is 0.316 e. The van der Waals surface area contributed by atoms with Crippen molar-refractivity contribution in [2.45, 2.75) is 25.8 Å². The maximum Gasteiger partial charge on any atom is 0.316 e. The van der Waals surface area contributed by atoms with Gasteiger partial charge in [-0.2, -0.15) is 0 Å². The second-order valence-corrected chi connectivity index (χ2v) is 7.54. The van der Waals surface area contributed by atoms with Gasteiger partial charge in [-0.1, -0.05) is 42.1 Å². The number of thioether (sulfide) groups is 1. The Hall–Kier alpha value is -2.86. The number of para-hydroxylation sites is 1. The van der Waals surface area contributed by atoms with Crippen LogP contribution >= 0.6 is 11.8 Å². The number of fused-ring (bicyclic) bond motifs is 1. The number of amides is 1. The van der Waals surface area contributed by atoms with Crippen LogP contribution in [0, 0.1) is 20.8 Å². The fraction of sp³-hybridized carbons (Fsp3) is 0.227. The molecule has 0 aliphatic carbocycles. The summed E-state index contributed by atoms with van der Waals surface area (Å²) in [5.41, 5.74) is 4.81. The number of esters is 1. The second-order valence-electron chi connectivity index (χ2n) is 6.54. The van der Waals surface area contributed by atoms with E-state index in [0.717, 1.165) is 38.3 Å². The van der Waals surface area contributed by atoms with Gasteiger partial charge in [-0.05, 0) is 55.7 Å². The molecule has 0 aliphatic rings. The number of rotatable bonds is 6. The fourth-order valence-corrected chi connectivity index (χ4v) is 3.56. The van der Waals surface area contributed by atoms with Gasteiger partial charge in [0.15, 0.2) is 6.61 Å². The zero-order valence-corrected chi connectivity index (χ0v) is 16.9. The third-order valence-electron chi connectivity index (χ3n) is 4.48. The van der Waals surface area contributed by atoms with Crippen LogP contribution in [-0.4, -0.2) is 29.2 Å². The van der Waals surface area contributed by atoms with E-state index in [0.29, 0.717) is 0 Å². The number of aryl methyl sites for hydroxylation is 2. The third-order valence-corrected chi connectivity index (χ3v) is 5.37. The van der Waals surface area contributed by atoms with Crippen molar-refractivity contribution in [1.82, 2.24) is 4.98 Å². The van der Waals surface area contributed by atoms with Crippen LogP contribution in [0.1, 0.15) is 16.7 Å². The molecule has 0 bridgehead atoms. The van der Waals surface area contributed by atoms with Crippen LogP contribution in [-0.2, 0) is 14.3 Å². The zero-order valence-electron chi connectivity index (χ0n) is 16.1. The lowest BCUT2D eigenvalue weighted by atomic mass is 10.1. The van der Waals surface area contributed by atoms with Gasteiger partial charge in [-0.3, -0.25) is 9.59 Å². The molecule has 1 amide bonds. The Labute approximate surface area is 168 Å². The molecule has 0 atom stereocenters. The summed E-state index contributed by atoms with van der Waals surface area (Å²) in [6, 6.07) is 15.5. The van der Waals surface area contributed by atoms with Crippen molar-refractivity contribution in [1.29, 1.82) is 0 Å². The standard InChI is InChI=1S/C22H22N2O3S/c1-14-7-6-10-18(16(14)3)23-20(25)12-27-22(26)13-28-21-11-15(2)17-8-4-5-9-19(17)24-21/h4-11H,12-13H2,1-3H3,(H,23,25). The van der Waals surface area contributed by atoms with E-state index in [2.05, 4.69) is 10.3 Å². The summed E-state index contributed by atoms with van der Waals surface area (Å²) in [7, 11) is 0. The molecule has 5 nitrogen and oxygen atoms in total. The van der Waals surface area contributed by atoms with E-state index in [9.17, 15) is 9.59 Å². The quantitative estimate of drug-likeness (QED) is 0.495. The summed E-state index contributed by atoms with van der Waals surface area (Å²) in [4.78, 5) is 28.6. The average Bonchev–Trinajstić information content (AvgIpc) is 2.68. The number of carbonyl (C=O) groups is 2. The van der Waals surface area contributed by atoms with Crippen LogP contribution in [0.15, 0.2) is 53.6 Å².